The molecule has 2 aromatic rings. The summed E-state index contributed by atoms with van der Waals surface area (Å²) in [6, 6.07) is 15.6. The molecule has 0 aliphatic carbocycles. The largest absolute Gasteiger partial charge is 0.467 e. The fraction of sp³-hybridized carbons (Fsp3) is 0.176. The zero-order valence-corrected chi connectivity index (χ0v) is 12.5. The fourth-order valence-electron chi connectivity index (χ4n) is 2.10. The number of ether oxygens (including phenoxy) is 1. The molecule has 0 saturated heterocycles. The summed E-state index contributed by atoms with van der Waals surface area (Å²) in [6.07, 6.45) is 0. The molecular weight excluding hydrogens is 280 g/mol. The van der Waals surface area contributed by atoms with Gasteiger partial charge in [-0.3, -0.25) is 4.79 Å². The molecule has 2 rings (SSSR count). The van der Waals surface area contributed by atoms with Gasteiger partial charge in [-0.25, -0.2) is 4.79 Å². The molecule has 0 unspecified atom stereocenters. The molecule has 0 aliphatic rings. The van der Waals surface area contributed by atoms with Gasteiger partial charge in [0.05, 0.1) is 7.11 Å². The summed E-state index contributed by atoms with van der Waals surface area (Å²) in [5.74, 6) is -0.575. The Balaban J connectivity index is 2.28. The van der Waals surface area contributed by atoms with Crippen molar-refractivity contribution in [1.29, 1.82) is 0 Å². The first kappa shape index (κ1) is 15.6. The first-order valence-corrected chi connectivity index (χ1v) is 6.87. The van der Waals surface area contributed by atoms with Crippen molar-refractivity contribution in [3.8, 4) is 0 Å². The molecule has 5 heteroatoms. The number of benzene rings is 2. The minimum atomic E-state index is -0.633. The van der Waals surface area contributed by atoms with E-state index >= 15 is 0 Å². The van der Waals surface area contributed by atoms with Crippen LogP contribution in [-0.2, 0) is 9.53 Å². The van der Waals surface area contributed by atoms with Crippen LogP contribution < -0.4 is 10.6 Å². The quantitative estimate of drug-likeness (QED) is 0.832. The van der Waals surface area contributed by atoms with Crippen molar-refractivity contribution in [3.05, 3.63) is 65.7 Å². The number of hydrogen-bond acceptors (Lipinski definition) is 4. The van der Waals surface area contributed by atoms with E-state index in [1.54, 1.807) is 31.3 Å². The minimum absolute atomic E-state index is 0.182. The molecule has 1 amide bonds. The third-order valence-electron chi connectivity index (χ3n) is 3.23. The van der Waals surface area contributed by atoms with Gasteiger partial charge in [0, 0.05) is 18.3 Å². The number of rotatable bonds is 5. The van der Waals surface area contributed by atoms with Crippen LogP contribution in [0.5, 0.6) is 0 Å². The van der Waals surface area contributed by atoms with Gasteiger partial charge in [0.15, 0.2) is 6.04 Å². The van der Waals surface area contributed by atoms with E-state index in [1.165, 1.54) is 7.11 Å². The SMILES string of the molecule is CNC(=O)c1cccc(N[C@H](C(=O)OC)c2ccccc2)c1. The smallest absolute Gasteiger partial charge is 0.332 e. The molecule has 0 aliphatic heterocycles. The monoisotopic (exact) mass is 298 g/mol. The van der Waals surface area contributed by atoms with E-state index in [2.05, 4.69) is 10.6 Å². The lowest BCUT2D eigenvalue weighted by atomic mass is 10.1. The van der Waals surface area contributed by atoms with Crippen molar-refractivity contribution in [2.45, 2.75) is 6.04 Å². The predicted octanol–water partition coefficient (Wildman–Crippen LogP) is 2.37. The van der Waals surface area contributed by atoms with Crippen LogP contribution in [0.4, 0.5) is 5.69 Å². The van der Waals surface area contributed by atoms with Crippen LogP contribution in [0.25, 0.3) is 0 Å². The first-order chi connectivity index (χ1) is 10.7. The van der Waals surface area contributed by atoms with Gasteiger partial charge in [-0.15, -0.1) is 0 Å². The van der Waals surface area contributed by atoms with E-state index in [4.69, 9.17) is 4.74 Å². The van der Waals surface area contributed by atoms with Crippen LogP contribution in [0.3, 0.4) is 0 Å². The molecule has 2 N–H and O–H groups in total. The second-order valence-electron chi connectivity index (χ2n) is 4.67. The summed E-state index contributed by atoms with van der Waals surface area (Å²) in [5, 5.41) is 5.68. The first-order valence-electron chi connectivity index (χ1n) is 6.87. The maximum absolute atomic E-state index is 12.0. The summed E-state index contributed by atoms with van der Waals surface area (Å²) >= 11 is 0. The van der Waals surface area contributed by atoms with Crippen molar-refractivity contribution in [2.24, 2.45) is 0 Å². The average Bonchev–Trinajstić information content (AvgIpc) is 2.59. The molecule has 0 fully saturated rings. The molecule has 0 bridgehead atoms. The second-order valence-corrected chi connectivity index (χ2v) is 4.67. The zero-order chi connectivity index (χ0) is 15.9. The van der Waals surface area contributed by atoms with Crippen LogP contribution in [0.1, 0.15) is 22.0 Å². The normalized spacial score (nSPS) is 11.4. The van der Waals surface area contributed by atoms with Crippen LogP contribution in [0.2, 0.25) is 0 Å². The topological polar surface area (TPSA) is 67.4 Å². The zero-order valence-electron chi connectivity index (χ0n) is 12.5. The highest BCUT2D eigenvalue weighted by molar-refractivity contribution is 5.95. The predicted molar refractivity (Wildman–Crippen MR) is 84.7 cm³/mol. The summed E-state index contributed by atoms with van der Waals surface area (Å²) in [7, 11) is 2.92. The van der Waals surface area contributed by atoms with Crippen LogP contribution in [-0.4, -0.2) is 26.0 Å². The number of esters is 1. The molecule has 0 radical (unpaired) electrons. The number of carbonyl (C=O) groups is 2. The van der Waals surface area contributed by atoms with E-state index in [9.17, 15) is 9.59 Å². The van der Waals surface area contributed by atoms with Crippen molar-refractivity contribution < 1.29 is 14.3 Å². The van der Waals surface area contributed by atoms with Crippen molar-refractivity contribution in [2.75, 3.05) is 19.5 Å². The Morgan fingerprint density at radius 1 is 1.05 bits per heavy atom. The molecule has 114 valence electrons. The van der Waals surface area contributed by atoms with Gasteiger partial charge in [-0.1, -0.05) is 36.4 Å². The number of anilines is 1. The second kappa shape index (κ2) is 7.26. The molecule has 22 heavy (non-hydrogen) atoms. The fourth-order valence-corrected chi connectivity index (χ4v) is 2.10. The molecule has 0 aromatic heterocycles. The van der Waals surface area contributed by atoms with Gasteiger partial charge in [0.1, 0.15) is 0 Å². The molecule has 5 nitrogen and oxygen atoms in total. The van der Waals surface area contributed by atoms with Crippen LogP contribution >= 0.6 is 0 Å². The minimum Gasteiger partial charge on any atom is -0.467 e. The van der Waals surface area contributed by atoms with E-state index in [-0.39, 0.29) is 5.91 Å². The lowest BCUT2D eigenvalue weighted by molar-refractivity contribution is -0.141. The Kier molecular flexibility index (Phi) is 5.14. The number of nitrogens with one attached hydrogen (secondary N) is 2. The van der Waals surface area contributed by atoms with E-state index in [1.807, 2.05) is 30.3 Å². The van der Waals surface area contributed by atoms with Gasteiger partial charge in [0.25, 0.3) is 5.91 Å². The van der Waals surface area contributed by atoms with Crippen LogP contribution in [0.15, 0.2) is 54.6 Å². The summed E-state index contributed by atoms with van der Waals surface area (Å²) in [5.41, 5.74) is 1.98. The van der Waals surface area contributed by atoms with Gasteiger partial charge in [0.2, 0.25) is 0 Å². The van der Waals surface area contributed by atoms with Gasteiger partial charge in [-0.2, -0.15) is 0 Å². The molecule has 0 heterocycles. The standard InChI is InChI=1S/C17H18N2O3/c1-18-16(20)13-9-6-10-14(11-13)19-15(17(21)22-2)12-7-4-3-5-8-12/h3-11,15,19H,1-2H3,(H,18,20)/t15-/m0/s1. The molecule has 2 aromatic carbocycles. The summed E-state index contributed by atoms with van der Waals surface area (Å²) in [4.78, 5) is 23.7. The highest BCUT2D eigenvalue weighted by Crippen LogP contribution is 2.21. The third-order valence-corrected chi connectivity index (χ3v) is 3.23. The molecule has 0 saturated carbocycles. The Morgan fingerprint density at radius 3 is 2.41 bits per heavy atom. The maximum Gasteiger partial charge on any atom is 0.332 e. The third kappa shape index (κ3) is 3.63. The Labute approximate surface area is 129 Å². The Hall–Kier alpha value is -2.82. The number of carbonyl (C=O) groups excluding carboxylic acids is 2. The highest BCUT2D eigenvalue weighted by Gasteiger charge is 2.21. The summed E-state index contributed by atoms with van der Waals surface area (Å²) in [6.45, 7) is 0. The van der Waals surface area contributed by atoms with E-state index in [0.717, 1.165) is 5.56 Å². The van der Waals surface area contributed by atoms with Crippen molar-refractivity contribution in [3.63, 3.8) is 0 Å². The van der Waals surface area contributed by atoms with Crippen LogP contribution in [0, 0.1) is 0 Å². The molecule has 1 atom stereocenters. The van der Waals surface area contributed by atoms with E-state index in [0.29, 0.717) is 11.3 Å². The maximum atomic E-state index is 12.0. The number of methoxy groups -OCH3 is 1. The van der Waals surface area contributed by atoms with Crippen molar-refractivity contribution in [1.82, 2.24) is 5.32 Å². The van der Waals surface area contributed by atoms with Gasteiger partial charge >= 0.3 is 5.97 Å². The molecule has 0 spiro atoms. The molecular formula is C17H18N2O3. The lowest BCUT2D eigenvalue weighted by Crippen LogP contribution is -2.23. The lowest BCUT2D eigenvalue weighted by Gasteiger charge is -2.18. The Morgan fingerprint density at radius 2 is 1.77 bits per heavy atom. The van der Waals surface area contributed by atoms with E-state index < -0.39 is 12.0 Å². The number of amides is 1. The van der Waals surface area contributed by atoms with Gasteiger partial charge < -0.3 is 15.4 Å². The number of hydrogen-bond donors (Lipinski definition) is 2. The average molecular weight is 298 g/mol. The summed E-state index contributed by atoms with van der Waals surface area (Å²) < 4.78 is 4.86. The van der Waals surface area contributed by atoms with Gasteiger partial charge in [-0.05, 0) is 23.8 Å². The Bertz CT molecular complexity index is 656. The van der Waals surface area contributed by atoms with Crippen molar-refractivity contribution >= 4 is 17.6 Å². The highest BCUT2D eigenvalue weighted by atomic mass is 16.5.